The molecule has 1 aliphatic heterocycles. The molecule has 2 aromatic heterocycles. The molecule has 0 aliphatic carbocycles. The number of piperazine rings is 1. The molecule has 3 rings (SSSR count). The average molecular weight is 379 g/mol. The molecule has 1 fully saturated rings. The Kier molecular flexibility index (Phi) is 6.22. The second-order valence-corrected chi connectivity index (χ2v) is 8.42. The van der Waals surface area contributed by atoms with Crippen LogP contribution in [0.2, 0.25) is 0 Å². The largest absolute Gasteiger partial charge is 0.354 e. The monoisotopic (exact) mass is 378 g/mol. The summed E-state index contributed by atoms with van der Waals surface area (Å²) in [5.74, 6) is 0.992. The van der Waals surface area contributed by atoms with E-state index in [0.29, 0.717) is 6.54 Å². The van der Waals surface area contributed by atoms with Crippen LogP contribution in [0, 0.1) is 0 Å². The van der Waals surface area contributed by atoms with Gasteiger partial charge in [-0.1, -0.05) is 29.2 Å². The van der Waals surface area contributed by atoms with Crippen LogP contribution in [0.25, 0.3) is 0 Å². The van der Waals surface area contributed by atoms with E-state index in [-0.39, 0.29) is 11.2 Å². The Bertz CT molecular complexity index is 670. The fraction of sp³-hybridized carbons (Fsp3) is 0.500. The number of carbonyl (C=O) groups is 1. The van der Waals surface area contributed by atoms with Crippen molar-refractivity contribution in [3.8, 4) is 0 Å². The van der Waals surface area contributed by atoms with Gasteiger partial charge in [-0.25, -0.2) is 4.98 Å². The number of likely N-dealkylation sites (N-methyl/N-ethyl adjacent to an activating group) is 1. The van der Waals surface area contributed by atoms with Gasteiger partial charge in [-0.2, -0.15) is 0 Å². The molecule has 134 valence electrons. The molecule has 25 heavy (non-hydrogen) atoms. The van der Waals surface area contributed by atoms with Gasteiger partial charge >= 0.3 is 0 Å². The van der Waals surface area contributed by atoms with Crippen molar-refractivity contribution >= 4 is 34.8 Å². The van der Waals surface area contributed by atoms with Crippen molar-refractivity contribution in [1.82, 2.24) is 25.4 Å². The highest BCUT2D eigenvalue weighted by atomic mass is 32.2. The van der Waals surface area contributed by atoms with Crippen molar-refractivity contribution in [3.63, 3.8) is 0 Å². The molecular formula is C16H22N6OS2. The fourth-order valence-corrected chi connectivity index (χ4v) is 4.15. The number of nitrogens with one attached hydrogen (secondary N) is 1. The third kappa shape index (κ3) is 5.13. The smallest absolute Gasteiger partial charge is 0.233 e. The number of thioether (sulfide) groups is 1. The van der Waals surface area contributed by atoms with Gasteiger partial charge in [-0.3, -0.25) is 4.79 Å². The number of nitrogens with zero attached hydrogens (tertiary/aromatic N) is 5. The minimum Gasteiger partial charge on any atom is -0.354 e. The van der Waals surface area contributed by atoms with Crippen LogP contribution in [-0.4, -0.2) is 64.5 Å². The van der Waals surface area contributed by atoms with Crippen molar-refractivity contribution < 1.29 is 4.79 Å². The van der Waals surface area contributed by atoms with Gasteiger partial charge in [-0.05, 0) is 25.6 Å². The van der Waals surface area contributed by atoms with Crippen LogP contribution in [0.15, 0.2) is 28.2 Å². The first-order valence-electron chi connectivity index (χ1n) is 8.21. The molecule has 7 nitrogen and oxygen atoms in total. The van der Waals surface area contributed by atoms with Crippen LogP contribution >= 0.6 is 23.1 Å². The van der Waals surface area contributed by atoms with E-state index in [2.05, 4.69) is 37.3 Å². The highest BCUT2D eigenvalue weighted by Crippen LogP contribution is 2.24. The Hall–Kier alpha value is -1.71. The molecule has 0 spiro atoms. The molecular weight excluding hydrogens is 356 g/mol. The van der Waals surface area contributed by atoms with Crippen molar-refractivity contribution in [3.05, 3.63) is 29.4 Å². The molecule has 1 atom stereocenters. The highest BCUT2D eigenvalue weighted by molar-refractivity contribution is 8.02. The summed E-state index contributed by atoms with van der Waals surface area (Å²) in [4.78, 5) is 21.3. The van der Waals surface area contributed by atoms with Crippen molar-refractivity contribution in [2.24, 2.45) is 0 Å². The van der Waals surface area contributed by atoms with Gasteiger partial charge in [0.1, 0.15) is 11.3 Å². The van der Waals surface area contributed by atoms with Gasteiger partial charge < -0.3 is 15.1 Å². The van der Waals surface area contributed by atoms with Crippen LogP contribution in [-0.2, 0) is 11.3 Å². The summed E-state index contributed by atoms with van der Waals surface area (Å²) in [5, 5.41) is 10.5. The van der Waals surface area contributed by atoms with E-state index >= 15 is 0 Å². The quantitative estimate of drug-likeness (QED) is 0.763. The highest BCUT2D eigenvalue weighted by Gasteiger charge is 2.17. The first kappa shape index (κ1) is 18.1. The van der Waals surface area contributed by atoms with Gasteiger partial charge in [0, 0.05) is 38.9 Å². The van der Waals surface area contributed by atoms with E-state index in [1.165, 1.54) is 23.1 Å². The molecule has 1 N–H and O–H groups in total. The van der Waals surface area contributed by atoms with Crippen LogP contribution in [0.4, 0.5) is 5.82 Å². The number of anilines is 1. The summed E-state index contributed by atoms with van der Waals surface area (Å²) < 4.78 is 0.806. The number of aromatic nitrogens is 3. The Morgan fingerprint density at radius 2 is 2.16 bits per heavy atom. The summed E-state index contributed by atoms with van der Waals surface area (Å²) in [6.45, 7) is 6.47. The van der Waals surface area contributed by atoms with Crippen molar-refractivity contribution in [1.29, 1.82) is 0 Å². The maximum absolute atomic E-state index is 12.2. The lowest BCUT2D eigenvalue weighted by Crippen LogP contribution is -2.44. The first-order valence-corrected chi connectivity index (χ1v) is 9.96. The average Bonchev–Trinajstić information content (AvgIpc) is 3.14. The summed E-state index contributed by atoms with van der Waals surface area (Å²) in [5.41, 5.74) is 2.67. The van der Waals surface area contributed by atoms with E-state index in [4.69, 9.17) is 0 Å². The predicted molar refractivity (Wildman–Crippen MR) is 101 cm³/mol. The molecule has 1 aliphatic rings. The SMILES string of the molecule is CC(Sc1nncs1)C(=O)NCc1ccc(N2CCN(C)CC2)nc1. The van der Waals surface area contributed by atoms with Crippen LogP contribution in [0.5, 0.6) is 0 Å². The second-order valence-electron chi connectivity index (χ2n) is 6.00. The molecule has 1 amide bonds. The Balaban J connectivity index is 1.47. The minimum atomic E-state index is -0.203. The number of hydrogen-bond acceptors (Lipinski definition) is 8. The van der Waals surface area contributed by atoms with E-state index < -0.39 is 0 Å². The molecule has 0 saturated carbocycles. The summed E-state index contributed by atoms with van der Waals surface area (Å²) >= 11 is 2.86. The lowest BCUT2D eigenvalue weighted by molar-refractivity contribution is -0.120. The third-order valence-electron chi connectivity index (χ3n) is 4.09. The molecule has 1 unspecified atom stereocenters. The van der Waals surface area contributed by atoms with Crippen molar-refractivity contribution in [2.75, 3.05) is 38.1 Å². The standard InChI is InChI=1S/C16H22N6OS2/c1-12(25-16-20-19-11-24-16)15(23)18-10-13-3-4-14(17-9-13)22-7-5-21(2)6-8-22/h3-4,9,11-12H,5-8,10H2,1-2H3,(H,18,23). The molecule has 3 heterocycles. The minimum absolute atomic E-state index is 0.0108. The molecule has 2 aromatic rings. The molecule has 0 bridgehead atoms. The number of rotatable bonds is 6. The predicted octanol–water partition coefficient (Wildman–Crippen LogP) is 1.48. The zero-order valence-electron chi connectivity index (χ0n) is 14.4. The fourth-order valence-electron chi connectivity index (χ4n) is 2.50. The molecule has 1 saturated heterocycles. The van der Waals surface area contributed by atoms with Crippen molar-refractivity contribution in [2.45, 2.75) is 23.1 Å². The molecule has 0 radical (unpaired) electrons. The normalized spacial score (nSPS) is 16.6. The number of hydrogen-bond donors (Lipinski definition) is 1. The zero-order chi connectivity index (χ0) is 17.6. The van der Waals surface area contributed by atoms with Crippen LogP contribution in [0.3, 0.4) is 0 Å². The molecule has 9 heteroatoms. The number of carbonyl (C=O) groups excluding carboxylic acids is 1. The molecule has 0 aromatic carbocycles. The van der Waals surface area contributed by atoms with E-state index in [0.717, 1.165) is 41.9 Å². The third-order valence-corrected chi connectivity index (χ3v) is 6.00. The van der Waals surface area contributed by atoms with E-state index in [1.807, 2.05) is 25.3 Å². The maximum Gasteiger partial charge on any atom is 0.233 e. The number of amides is 1. The lowest BCUT2D eigenvalue weighted by atomic mass is 10.2. The van der Waals surface area contributed by atoms with E-state index in [1.54, 1.807) is 5.51 Å². The Morgan fingerprint density at radius 1 is 1.36 bits per heavy atom. The van der Waals surface area contributed by atoms with E-state index in [9.17, 15) is 4.79 Å². The Labute approximate surface area is 155 Å². The second kappa shape index (κ2) is 8.59. The van der Waals surface area contributed by atoms with Gasteiger partial charge in [-0.15, -0.1) is 10.2 Å². The van der Waals surface area contributed by atoms with Crippen LogP contribution < -0.4 is 10.2 Å². The first-order chi connectivity index (χ1) is 12.1. The lowest BCUT2D eigenvalue weighted by Gasteiger charge is -2.33. The van der Waals surface area contributed by atoms with Gasteiger partial charge in [0.05, 0.1) is 5.25 Å². The summed E-state index contributed by atoms with van der Waals surface area (Å²) in [7, 11) is 2.14. The van der Waals surface area contributed by atoms with Gasteiger partial charge in [0.15, 0.2) is 4.34 Å². The topological polar surface area (TPSA) is 74.2 Å². The Morgan fingerprint density at radius 3 is 2.80 bits per heavy atom. The number of pyridine rings is 1. The summed E-state index contributed by atoms with van der Waals surface area (Å²) in [6, 6.07) is 4.07. The summed E-state index contributed by atoms with van der Waals surface area (Å²) in [6.07, 6.45) is 1.84. The maximum atomic E-state index is 12.2. The van der Waals surface area contributed by atoms with Crippen LogP contribution in [0.1, 0.15) is 12.5 Å². The van der Waals surface area contributed by atoms with Gasteiger partial charge in [0.2, 0.25) is 5.91 Å². The van der Waals surface area contributed by atoms with Gasteiger partial charge in [0.25, 0.3) is 0 Å². The zero-order valence-corrected chi connectivity index (χ0v) is 16.0.